The number of aromatic nitrogens is 1. The summed E-state index contributed by atoms with van der Waals surface area (Å²) in [4.78, 5) is 4.26. The molecular weight excluding hydrogens is 332 g/mol. The van der Waals surface area contributed by atoms with Crippen molar-refractivity contribution in [2.24, 2.45) is 0 Å². The van der Waals surface area contributed by atoms with E-state index in [0.717, 1.165) is 20.5 Å². The molecule has 4 heteroatoms. The predicted octanol–water partition coefficient (Wildman–Crippen LogP) is 4.66. The average Bonchev–Trinajstić information content (AvgIpc) is 2.25. The lowest BCUT2D eigenvalue weighted by Crippen LogP contribution is -1.94. The highest BCUT2D eigenvalue weighted by atomic mass is 79.9. The Hall–Kier alpha value is -0.870. The van der Waals surface area contributed by atoms with Crippen molar-refractivity contribution in [3.63, 3.8) is 0 Å². The van der Waals surface area contributed by atoms with E-state index in [2.05, 4.69) is 61.2 Å². The Bertz CT molecular complexity index is 495. The fourth-order valence-electron chi connectivity index (χ4n) is 1.31. The summed E-state index contributed by atoms with van der Waals surface area (Å²) < 4.78 is 2.01. The summed E-state index contributed by atoms with van der Waals surface area (Å²) in [6.45, 7) is 2.06. The number of anilines is 2. The summed E-state index contributed by atoms with van der Waals surface area (Å²) in [7, 11) is 0. The molecule has 0 saturated heterocycles. The molecule has 2 aromatic rings. The molecule has 0 aliphatic heterocycles. The van der Waals surface area contributed by atoms with Gasteiger partial charge >= 0.3 is 0 Å². The van der Waals surface area contributed by atoms with E-state index in [1.54, 1.807) is 6.20 Å². The van der Waals surface area contributed by atoms with Crippen LogP contribution in [-0.2, 0) is 0 Å². The highest BCUT2D eigenvalue weighted by Gasteiger charge is 2.01. The van der Waals surface area contributed by atoms with Gasteiger partial charge in [0, 0.05) is 15.1 Å². The molecule has 0 bridgehead atoms. The van der Waals surface area contributed by atoms with E-state index in [9.17, 15) is 0 Å². The first-order valence-electron chi connectivity index (χ1n) is 4.80. The van der Waals surface area contributed by atoms with Crippen LogP contribution in [0, 0.1) is 6.92 Å². The van der Waals surface area contributed by atoms with E-state index in [1.165, 1.54) is 5.56 Å². The minimum absolute atomic E-state index is 0.827. The van der Waals surface area contributed by atoms with E-state index < -0.39 is 0 Å². The number of nitrogens with one attached hydrogen (secondary N) is 1. The second kappa shape index (κ2) is 4.97. The van der Waals surface area contributed by atoms with Gasteiger partial charge < -0.3 is 5.32 Å². The zero-order valence-electron chi connectivity index (χ0n) is 8.67. The van der Waals surface area contributed by atoms with Crippen LogP contribution in [-0.4, -0.2) is 4.98 Å². The SMILES string of the molecule is Cc1ccc(Nc2ccc(Br)cn2)c(Br)c1. The summed E-state index contributed by atoms with van der Waals surface area (Å²) in [6.07, 6.45) is 1.77. The van der Waals surface area contributed by atoms with Crippen LogP contribution >= 0.6 is 31.9 Å². The minimum atomic E-state index is 0.827. The van der Waals surface area contributed by atoms with E-state index in [0.29, 0.717) is 0 Å². The van der Waals surface area contributed by atoms with Gasteiger partial charge in [-0.3, -0.25) is 0 Å². The maximum absolute atomic E-state index is 4.26. The van der Waals surface area contributed by atoms with Crippen LogP contribution in [0.2, 0.25) is 0 Å². The third-order valence-electron chi connectivity index (χ3n) is 2.11. The molecule has 0 saturated carbocycles. The van der Waals surface area contributed by atoms with E-state index in [4.69, 9.17) is 0 Å². The summed E-state index contributed by atoms with van der Waals surface area (Å²) >= 11 is 6.87. The Morgan fingerprint density at radius 2 is 1.94 bits per heavy atom. The topological polar surface area (TPSA) is 24.9 Å². The van der Waals surface area contributed by atoms with Gasteiger partial charge in [-0.25, -0.2) is 4.98 Å². The molecule has 1 heterocycles. The van der Waals surface area contributed by atoms with Crippen molar-refractivity contribution in [2.75, 3.05) is 5.32 Å². The third-order valence-corrected chi connectivity index (χ3v) is 3.24. The standard InChI is InChI=1S/C12H10Br2N2/c1-8-2-4-11(10(14)6-8)16-12-5-3-9(13)7-15-12/h2-7H,1H3,(H,15,16). The van der Waals surface area contributed by atoms with Crippen molar-refractivity contribution in [1.82, 2.24) is 4.98 Å². The number of pyridine rings is 1. The van der Waals surface area contributed by atoms with Crippen LogP contribution in [0.3, 0.4) is 0 Å². The lowest BCUT2D eigenvalue weighted by molar-refractivity contribution is 1.29. The maximum atomic E-state index is 4.26. The highest BCUT2D eigenvalue weighted by Crippen LogP contribution is 2.26. The lowest BCUT2D eigenvalue weighted by atomic mass is 10.2. The predicted molar refractivity (Wildman–Crippen MR) is 74.1 cm³/mol. The molecule has 16 heavy (non-hydrogen) atoms. The largest absolute Gasteiger partial charge is 0.339 e. The van der Waals surface area contributed by atoms with E-state index in [1.807, 2.05) is 18.2 Å². The molecule has 0 atom stereocenters. The zero-order valence-corrected chi connectivity index (χ0v) is 11.8. The summed E-state index contributed by atoms with van der Waals surface area (Å²) in [5, 5.41) is 3.25. The smallest absolute Gasteiger partial charge is 0.130 e. The van der Waals surface area contributed by atoms with Crippen LogP contribution < -0.4 is 5.32 Å². The van der Waals surface area contributed by atoms with Crippen molar-refractivity contribution in [2.45, 2.75) is 6.92 Å². The molecule has 2 rings (SSSR count). The average molecular weight is 342 g/mol. The van der Waals surface area contributed by atoms with Crippen LogP contribution in [0.5, 0.6) is 0 Å². The van der Waals surface area contributed by atoms with Gasteiger partial charge in [0.25, 0.3) is 0 Å². The second-order valence-electron chi connectivity index (χ2n) is 3.47. The van der Waals surface area contributed by atoms with Crippen LogP contribution in [0.4, 0.5) is 11.5 Å². The number of aryl methyl sites for hydroxylation is 1. The first-order chi connectivity index (χ1) is 7.65. The number of halogens is 2. The number of benzene rings is 1. The van der Waals surface area contributed by atoms with E-state index >= 15 is 0 Å². The van der Waals surface area contributed by atoms with E-state index in [-0.39, 0.29) is 0 Å². The van der Waals surface area contributed by atoms with Gasteiger partial charge in [-0.05, 0) is 68.6 Å². The molecule has 0 fully saturated rings. The Kier molecular flexibility index (Phi) is 3.61. The lowest BCUT2D eigenvalue weighted by Gasteiger charge is -2.08. The molecule has 0 unspecified atom stereocenters. The molecule has 0 aliphatic carbocycles. The molecule has 82 valence electrons. The van der Waals surface area contributed by atoms with Gasteiger partial charge in [-0.1, -0.05) is 6.07 Å². The Morgan fingerprint density at radius 1 is 1.12 bits per heavy atom. The summed E-state index contributed by atoms with van der Waals surface area (Å²) in [5.41, 5.74) is 2.24. The van der Waals surface area contributed by atoms with Crippen molar-refractivity contribution in [3.05, 3.63) is 51.0 Å². The highest BCUT2D eigenvalue weighted by molar-refractivity contribution is 9.10. The first kappa shape index (κ1) is 11.6. The van der Waals surface area contributed by atoms with Gasteiger partial charge in [0.05, 0.1) is 5.69 Å². The monoisotopic (exact) mass is 340 g/mol. The number of hydrogen-bond donors (Lipinski definition) is 1. The molecule has 2 nitrogen and oxygen atoms in total. The van der Waals surface area contributed by atoms with Crippen LogP contribution in [0.25, 0.3) is 0 Å². The van der Waals surface area contributed by atoms with Gasteiger partial charge in [0.1, 0.15) is 5.82 Å². The summed E-state index contributed by atoms with van der Waals surface area (Å²) in [6, 6.07) is 10.0. The Morgan fingerprint density at radius 3 is 2.56 bits per heavy atom. The zero-order chi connectivity index (χ0) is 11.5. The number of nitrogens with zero attached hydrogens (tertiary/aromatic N) is 1. The minimum Gasteiger partial charge on any atom is -0.339 e. The Balaban J connectivity index is 2.23. The fourth-order valence-corrected chi connectivity index (χ4v) is 2.14. The van der Waals surface area contributed by atoms with Crippen LogP contribution in [0.1, 0.15) is 5.56 Å². The third kappa shape index (κ3) is 2.83. The molecule has 1 N–H and O–H groups in total. The molecule has 1 aromatic carbocycles. The van der Waals surface area contributed by atoms with Crippen LogP contribution in [0.15, 0.2) is 45.5 Å². The quantitative estimate of drug-likeness (QED) is 0.859. The fraction of sp³-hybridized carbons (Fsp3) is 0.0833. The number of rotatable bonds is 2. The van der Waals surface area contributed by atoms with Crippen molar-refractivity contribution < 1.29 is 0 Å². The Labute approximate surface area is 111 Å². The summed E-state index contributed by atoms with van der Waals surface area (Å²) in [5.74, 6) is 0.827. The van der Waals surface area contributed by atoms with Crippen molar-refractivity contribution in [1.29, 1.82) is 0 Å². The molecule has 1 aromatic heterocycles. The van der Waals surface area contributed by atoms with Gasteiger partial charge in [-0.2, -0.15) is 0 Å². The second-order valence-corrected chi connectivity index (χ2v) is 5.24. The number of hydrogen-bond acceptors (Lipinski definition) is 2. The molecule has 0 amide bonds. The van der Waals surface area contributed by atoms with Crippen molar-refractivity contribution in [3.8, 4) is 0 Å². The van der Waals surface area contributed by atoms with Gasteiger partial charge in [0.2, 0.25) is 0 Å². The maximum Gasteiger partial charge on any atom is 0.130 e. The molecule has 0 aliphatic rings. The molecule has 0 radical (unpaired) electrons. The van der Waals surface area contributed by atoms with Crippen molar-refractivity contribution >= 4 is 43.4 Å². The molecule has 0 spiro atoms. The molecular formula is C12H10Br2N2. The first-order valence-corrected chi connectivity index (χ1v) is 6.38. The van der Waals surface area contributed by atoms with Gasteiger partial charge in [-0.15, -0.1) is 0 Å². The van der Waals surface area contributed by atoms with Gasteiger partial charge in [0.15, 0.2) is 0 Å². The normalized spacial score (nSPS) is 10.2.